The highest BCUT2D eigenvalue weighted by Gasteiger charge is 2.30. The zero-order valence-corrected chi connectivity index (χ0v) is 17.0. The molecule has 2 rings (SSSR count). The van der Waals surface area contributed by atoms with E-state index < -0.39 is 15.6 Å². The summed E-state index contributed by atoms with van der Waals surface area (Å²) < 4.78 is 32.0. The number of rotatable bonds is 6. The van der Waals surface area contributed by atoms with E-state index in [0.29, 0.717) is 38.4 Å². The van der Waals surface area contributed by atoms with Gasteiger partial charge in [0.2, 0.25) is 10.0 Å². The quantitative estimate of drug-likeness (QED) is 0.741. The average Bonchev–Trinajstić information content (AvgIpc) is 2.62. The first-order valence-corrected chi connectivity index (χ1v) is 9.85. The van der Waals surface area contributed by atoms with Crippen molar-refractivity contribution in [3.63, 3.8) is 0 Å². The fourth-order valence-corrected chi connectivity index (χ4v) is 3.95. The minimum atomic E-state index is -3.64. The Bertz CT molecular complexity index is 720. The number of nitrogens with one attached hydrogen (secondary N) is 1. The number of halogens is 1. The minimum absolute atomic E-state index is 0. The number of amides is 1. The first-order chi connectivity index (χ1) is 11.7. The van der Waals surface area contributed by atoms with Crippen LogP contribution < -0.4 is 11.1 Å². The lowest BCUT2D eigenvalue weighted by Gasteiger charge is -2.33. The first kappa shape index (κ1) is 22.9. The molecule has 26 heavy (non-hydrogen) atoms. The molecule has 0 aliphatic carbocycles. The van der Waals surface area contributed by atoms with Crippen LogP contribution in [0.1, 0.15) is 31.1 Å². The van der Waals surface area contributed by atoms with Crippen molar-refractivity contribution in [2.24, 2.45) is 11.7 Å². The van der Waals surface area contributed by atoms with E-state index in [0.717, 1.165) is 0 Å². The van der Waals surface area contributed by atoms with Gasteiger partial charge in [-0.05, 0) is 31.0 Å². The smallest absolute Gasteiger partial charge is 0.251 e. The Morgan fingerprint density at radius 3 is 2.50 bits per heavy atom. The molecule has 1 heterocycles. The summed E-state index contributed by atoms with van der Waals surface area (Å²) in [6.07, 6.45) is 0. The van der Waals surface area contributed by atoms with E-state index in [1.165, 1.54) is 16.4 Å². The second-order valence-corrected chi connectivity index (χ2v) is 8.71. The molecule has 1 amide bonds. The zero-order valence-electron chi connectivity index (χ0n) is 15.4. The second kappa shape index (κ2) is 9.14. The number of nitrogens with two attached hydrogens (primary N) is 1. The summed E-state index contributed by atoms with van der Waals surface area (Å²) in [5, 5.41) is 2.92. The van der Waals surface area contributed by atoms with E-state index in [1.54, 1.807) is 12.1 Å². The standard InChI is InChI=1S/C17H27N3O4S.ClH/c1-13(2)17(3,12-18)19-16(21)14-5-4-6-15(11-14)25(22,23)20-7-9-24-10-8-20;/h4-6,11,13H,7-10,12,18H2,1-3H3,(H,19,21);1H. The van der Waals surface area contributed by atoms with E-state index in [-0.39, 0.29) is 29.1 Å². The third-order valence-corrected chi connectivity index (χ3v) is 6.70. The highest BCUT2D eigenvalue weighted by atomic mass is 35.5. The molecule has 1 atom stereocenters. The minimum Gasteiger partial charge on any atom is -0.379 e. The fourth-order valence-electron chi connectivity index (χ4n) is 2.50. The topological polar surface area (TPSA) is 102 Å². The molecule has 1 fully saturated rings. The monoisotopic (exact) mass is 405 g/mol. The number of carbonyl (C=O) groups is 1. The summed E-state index contributed by atoms with van der Waals surface area (Å²) in [5.41, 5.74) is 5.54. The number of hydrogen-bond donors (Lipinski definition) is 2. The maximum absolute atomic E-state index is 12.7. The molecule has 9 heteroatoms. The summed E-state index contributed by atoms with van der Waals surface area (Å²) >= 11 is 0. The van der Waals surface area contributed by atoms with E-state index in [1.807, 2.05) is 20.8 Å². The van der Waals surface area contributed by atoms with E-state index in [9.17, 15) is 13.2 Å². The summed E-state index contributed by atoms with van der Waals surface area (Å²) in [6, 6.07) is 6.10. The van der Waals surface area contributed by atoms with Crippen molar-refractivity contribution in [1.82, 2.24) is 9.62 Å². The number of hydrogen-bond acceptors (Lipinski definition) is 5. The molecule has 1 aromatic rings. The van der Waals surface area contributed by atoms with Crippen LogP contribution in [0.4, 0.5) is 0 Å². The molecule has 148 valence electrons. The van der Waals surface area contributed by atoms with Crippen LogP contribution in [-0.2, 0) is 14.8 Å². The number of benzene rings is 1. The Morgan fingerprint density at radius 2 is 1.96 bits per heavy atom. The van der Waals surface area contributed by atoms with Crippen LogP contribution in [0.3, 0.4) is 0 Å². The van der Waals surface area contributed by atoms with Gasteiger partial charge in [0.05, 0.1) is 23.6 Å². The number of morpholine rings is 1. The van der Waals surface area contributed by atoms with Crippen LogP contribution >= 0.6 is 12.4 Å². The normalized spacial score (nSPS) is 18.0. The van der Waals surface area contributed by atoms with Crippen molar-refractivity contribution in [3.05, 3.63) is 29.8 Å². The van der Waals surface area contributed by atoms with Gasteiger partial charge in [-0.1, -0.05) is 19.9 Å². The van der Waals surface area contributed by atoms with Crippen molar-refractivity contribution >= 4 is 28.3 Å². The Morgan fingerprint density at radius 1 is 1.35 bits per heavy atom. The molecule has 1 unspecified atom stereocenters. The van der Waals surface area contributed by atoms with Gasteiger partial charge < -0.3 is 15.8 Å². The summed E-state index contributed by atoms with van der Waals surface area (Å²) in [7, 11) is -3.64. The molecule has 1 aliphatic heterocycles. The third-order valence-electron chi connectivity index (χ3n) is 4.80. The average molecular weight is 406 g/mol. The van der Waals surface area contributed by atoms with Crippen LogP contribution in [0.5, 0.6) is 0 Å². The Hall–Kier alpha value is -1.19. The van der Waals surface area contributed by atoms with Crippen molar-refractivity contribution in [1.29, 1.82) is 0 Å². The number of sulfonamides is 1. The van der Waals surface area contributed by atoms with Crippen LogP contribution in [0, 0.1) is 5.92 Å². The van der Waals surface area contributed by atoms with Gasteiger partial charge in [-0.3, -0.25) is 4.79 Å². The highest BCUT2D eigenvalue weighted by molar-refractivity contribution is 7.89. The van der Waals surface area contributed by atoms with Crippen molar-refractivity contribution in [2.75, 3.05) is 32.8 Å². The maximum Gasteiger partial charge on any atom is 0.251 e. The Kier molecular flexibility index (Phi) is 8.04. The SMILES string of the molecule is CC(C)C(C)(CN)NC(=O)c1cccc(S(=O)(=O)N2CCOCC2)c1.Cl. The van der Waals surface area contributed by atoms with Gasteiger partial charge >= 0.3 is 0 Å². The molecule has 1 aromatic carbocycles. The van der Waals surface area contributed by atoms with Crippen LogP contribution in [-0.4, -0.2) is 57.0 Å². The zero-order chi connectivity index (χ0) is 18.7. The molecular weight excluding hydrogens is 378 g/mol. The van der Waals surface area contributed by atoms with Crippen molar-refractivity contribution < 1.29 is 17.9 Å². The Labute approximate surface area is 161 Å². The predicted octanol–water partition coefficient (Wildman–Crippen LogP) is 1.23. The second-order valence-electron chi connectivity index (χ2n) is 6.77. The lowest BCUT2D eigenvalue weighted by atomic mass is 9.88. The predicted molar refractivity (Wildman–Crippen MR) is 103 cm³/mol. The number of ether oxygens (including phenoxy) is 1. The van der Waals surface area contributed by atoms with Crippen LogP contribution in [0.2, 0.25) is 0 Å². The molecule has 1 saturated heterocycles. The molecule has 0 aromatic heterocycles. The summed E-state index contributed by atoms with van der Waals surface area (Å²) in [4.78, 5) is 12.7. The van der Waals surface area contributed by atoms with E-state index >= 15 is 0 Å². The molecular formula is C17H28ClN3O4S. The summed E-state index contributed by atoms with van der Waals surface area (Å²) in [5.74, 6) is -0.192. The number of carbonyl (C=O) groups excluding carboxylic acids is 1. The Balaban J connectivity index is 0.00000338. The van der Waals surface area contributed by atoms with Gasteiger partial charge in [-0.25, -0.2) is 8.42 Å². The van der Waals surface area contributed by atoms with Gasteiger partial charge in [-0.15, -0.1) is 12.4 Å². The lowest BCUT2D eigenvalue weighted by molar-refractivity contribution is 0.0730. The maximum atomic E-state index is 12.7. The van der Waals surface area contributed by atoms with Crippen LogP contribution in [0.15, 0.2) is 29.2 Å². The summed E-state index contributed by atoms with van der Waals surface area (Å²) in [6.45, 7) is 7.52. The van der Waals surface area contributed by atoms with Gasteiger partial charge in [0.15, 0.2) is 0 Å². The van der Waals surface area contributed by atoms with Gasteiger partial charge in [0.25, 0.3) is 5.91 Å². The molecule has 7 nitrogen and oxygen atoms in total. The van der Waals surface area contributed by atoms with Crippen molar-refractivity contribution in [3.8, 4) is 0 Å². The van der Waals surface area contributed by atoms with E-state index in [4.69, 9.17) is 10.5 Å². The first-order valence-electron chi connectivity index (χ1n) is 8.41. The molecule has 0 radical (unpaired) electrons. The molecule has 0 bridgehead atoms. The molecule has 0 spiro atoms. The van der Waals surface area contributed by atoms with Crippen molar-refractivity contribution in [2.45, 2.75) is 31.2 Å². The van der Waals surface area contributed by atoms with Gasteiger partial charge in [0, 0.05) is 25.2 Å². The fraction of sp³-hybridized carbons (Fsp3) is 0.588. The lowest BCUT2D eigenvalue weighted by Crippen LogP contribution is -2.55. The third kappa shape index (κ3) is 4.95. The molecule has 0 saturated carbocycles. The van der Waals surface area contributed by atoms with E-state index in [2.05, 4.69) is 5.32 Å². The van der Waals surface area contributed by atoms with Crippen LogP contribution in [0.25, 0.3) is 0 Å². The molecule has 3 N–H and O–H groups in total. The molecule has 1 aliphatic rings. The van der Waals surface area contributed by atoms with Gasteiger partial charge in [-0.2, -0.15) is 4.31 Å². The van der Waals surface area contributed by atoms with Gasteiger partial charge in [0.1, 0.15) is 0 Å². The largest absolute Gasteiger partial charge is 0.379 e. The number of nitrogens with zero attached hydrogens (tertiary/aromatic N) is 1. The highest BCUT2D eigenvalue weighted by Crippen LogP contribution is 2.20.